The van der Waals surface area contributed by atoms with Gasteiger partial charge in [0.05, 0.1) is 0 Å². The first-order valence-corrected chi connectivity index (χ1v) is 8.74. The van der Waals surface area contributed by atoms with Crippen LogP contribution in [0.15, 0.2) is 17.9 Å². The standard InChI is InChI=1S/C19H34/c1-3-5-8-15-19-16-10-7-6-9-13-18(4-2)14-11-12-17-19/h19H,2-3,5-17H2,1H3. The van der Waals surface area contributed by atoms with E-state index in [9.17, 15) is 0 Å². The summed E-state index contributed by atoms with van der Waals surface area (Å²) in [5.41, 5.74) is 4.66. The molecule has 1 fully saturated rings. The summed E-state index contributed by atoms with van der Waals surface area (Å²) in [6.45, 7) is 6.17. The summed E-state index contributed by atoms with van der Waals surface area (Å²) in [5, 5.41) is 0. The highest BCUT2D eigenvalue weighted by atomic mass is 14.2. The van der Waals surface area contributed by atoms with Crippen molar-refractivity contribution in [2.75, 3.05) is 0 Å². The molecule has 0 aromatic carbocycles. The van der Waals surface area contributed by atoms with Gasteiger partial charge in [-0.15, -0.1) is 5.73 Å². The first kappa shape index (κ1) is 16.6. The van der Waals surface area contributed by atoms with Gasteiger partial charge in [-0.3, -0.25) is 0 Å². The van der Waals surface area contributed by atoms with Gasteiger partial charge in [-0.05, 0) is 37.2 Å². The molecule has 19 heavy (non-hydrogen) atoms. The first-order valence-electron chi connectivity index (χ1n) is 8.74. The second kappa shape index (κ2) is 11.4. The molecule has 1 aliphatic carbocycles. The van der Waals surface area contributed by atoms with Crippen LogP contribution in [0.3, 0.4) is 0 Å². The van der Waals surface area contributed by atoms with E-state index in [0.29, 0.717) is 0 Å². The molecule has 0 spiro atoms. The normalized spacial score (nSPS) is 23.2. The maximum absolute atomic E-state index is 3.86. The van der Waals surface area contributed by atoms with Crippen molar-refractivity contribution < 1.29 is 0 Å². The molecule has 1 rings (SSSR count). The minimum atomic E-state index is 1.02. The molecule has 1 aliphatic rings. The zero-order chi connectivity index (χ0) is 13.8. The fourth-order valence-electron chi connectivity index (χ4n) is 3.31. The Labute approximate surface area is 121 Å². The lowest BCUT2D eigenvalue weighted by Crippen LogP contribution is -2.02. The fourth-order valence-corrected chi connectivity index (χ4v) is 3.31. The quantitative estimate of drug-likeness (QED) is 0.385. The van der Waals surface area contributed by atoms with E-state index >= 15 is 0 Å². The van der Waals surface area contributed by atoms with Crippen LogP contribution in [-0.2, 0) is 0 Å². The summed E-state index contributed by atoms with van der Waals surface area (Å²) < 4.78 is 0. The lowest BCUT2D eigenvalue weighted by atomic mass is 9.88. The molecule has 0 amide bonds. The van der Waals surface area contributed by atoms with E-state index in [0.717, 1.165) is 5.92 Å². The molecule has 0 heterocycles. The Morgan fingerprint density at radius 2 is 1.58 bits per heavy atom. The zero-order valence-electron chi connectivity index (χ0n) is 13.2. The molecule has 0 heteroatoms. The van der Waals surface area contributed by atoms with Crippen LogP contribution < -0.4 is 0 Å². The van der Waals surface area contributed by atoms with E-state index < -0.39 is 0 Å². The Morgan fingerprint density at radius 3 is 2.26 bits per heavy atom. The summed E-state index contributed by atoms with van der Waals surface area (Å²) in [6, 6.07) is 0. The van der Waals surface area contributed by atoms with E-state index in [2.05, 4.69) is 19.2 Å². The first-order chi connectivity index (χ1) is 9.36. The highest BCUT2D eigenvalue weighted by Crippen LogP contribution is 2.26. The smallest absolute Gasteiger partial charge is 0.0244 e. The molecule has 1 unspecified atom stereocenters. The predicted molar refractivity (Wildman–Crippen MR) is 86.5 cm³/mol. The average Bonchev–Trinajstić information content (AvgIpc) is 2.42. The van der Waals surface area contributed by atoms with Gasteiger partial charge < -0.3 is 0 Å². The van der Waals surface area contributed by atoms with Crippen LogP contribution in [0.5, 0.6) is 0 Å². The lowest BCUT2D eigenvalue weighted by Gasteiger charge is -2.18. The Morgan fingerprint density at radius 1 is 0.947 bits per heavy atom. The lowest BCUT2D eigenvalue weighted by molar-refractivity contribution is 0.368. The number of hydrogen-bond donors (Lipinski definition) is 0. The van der Waals surface area contributed by atoms with E-state index in [-0.39, 0.29) is 0 Å². The van der Waals surface area contributed by atoms with Crippen molar-refractivity contribution in [2.45, 2.75) is 96.8 Å². The summed E-state index contributed by atoms with van der Waals surface area (Å²) in [4.78, 5) is 0. The number of unbranched alkanes of at least 4 members (excludes halogenated alkanes) is 2. The molecule has 0 N–H and O–H groups in total. The minimum absolute atomic E-state index is 1.02. The Kier molecular flexibility index (Phi) is 9.91. The third-order valence-corrected chi connectivity index (χ3v) is 4.65. The second-order valence-corrected chi connectivity index (χ2v) is 6.34. The topological polar surface area (TPSA) is 0 Å². The summed E-state index contributed by atoms with van der Waals surface area (Å²) >= 11 is 0. The number of rotatable bonds is 4. The fraction of sp³-hybridized carbons (Fsp3) is 0.842. The van der Waals surface area contributed by atoms with Crippen LogP contribution >= 0.6 is 0 Å². The van der Waals surface area contributed by atoms with Gasteiger partial charge in [0, 0.05) is 0 Å². The molecule has 0 aromatic heterocycles. The van der Waals surface area contributed by atoms with E-state index in [1.165, 1.54) is 95.5 Å². The largest absolute Gasteiger partial charge is 0.130 e. The molecular weight excluding hydrogens is 228 g/mol. The second-order valence-electron chi connectivity index (χ2n) is 6.34. The number of hydrogen-bond acceptors (Lipinski definition) is 0. The summed E-state index contributed by atoms with van der Waals surface area (Å²) in [7, 11) is 0. The SMILES string of the molecule is C=C=C1CCCCCCC(CCCCC)CCCC1. The van der Waals surface area contributed by atoms with Gasteiger partial charge in [0.15, 0.2) is 0 Å². The van der Waals surface area contributed by atoms with Crippen molar-refractivity contribution in [3.63, 3.8) is 0 Å². The van der Waals surface area contributed by atoms with E-state index in [1.54, 1.807) is 0 Å². The van der Waals surface area contributed by atoms with Crippen molar-refractivity contribution >= 4 is 0 Å². The van der Waals surface area contributed by atoms with Crippen LogP contribution in [0, 0.1) is 5.92 Å². The van der Waals surface area contributed by atoms with Crippen molar-refractivity contribution in [2.24, 2.45) is 5.92 Å². The van der Waals surface area contributed by atoms with Crippen LogP contribution in [0.4, 0.5) is 0 Å². The molecule has 0 radical (unpaired) electrons. The van der Waals surface area contributed by atoms with Gasteiger partial charge in [0.25, 0.3) is 0 Å². The van der Waals surface area contributed by atoms with Crippen LogP contribution in [0.2, 0.25) is 0 Å². The Bertz CT molecular complexity index is 257. The van der Waals surface area contributed by atoms with Crippen molar-refractivity contribution in [3.05, 3.63) is 17.9 Å². The van der Waals surface area contributed by atoms with Gasteiger partial charge in [-0.1, -0.05) is 77.7 Å². The molecule has 1 saturated carbocycles. The summed E-state index contributed by atoms with van der Waals surface area (Å²) in [5.74, 6) is 1.02. The molecule has 110 valence electrons. The van der Waals surface area contributed by atoms with Crippen LogP contribution in [-0.4, -0.2) is 0 Å². The van der Waals surface area contributed by atoms with Crippen molar-refractivity contribution in [3.8, 4) is 0 Å². The molecule has 0 saturated heterocycles. The molecular formula is C19H34. The molecule has 0 nitrogen and oxygen atoms in total. The van der Waals surface area contributed by atoms with Crippen molar-refractivity contribution in [1.29, 1.82) is 0 Å². The van der Waals surface area contributed by atoms with Gasteiger partial charge in [-0.25, -0.2) is 0 Å². The monoisotopic (exact) mass is 262 g/mol. The Hall–Kier alpha value is -0.480. The number of allylic oxidation sites excluding steroid dienone is 1. The van der Waals surface area contributed by atoms with Gasteiger partial charge in [0.1, 0.15) is 0 Å². The maximum atomic E-state index is 3.86. The average molecular weight is 262 g/mol. The van der Waals surface area contributed by atoms with Crippen LogP contribution in [0.1, 0.15) is 96.8 Å². The zero-order valence-corrected chi connectivity index (χ0v) is 13.2. The summed E-state index contributed by atoms with van der Waals surface area (Å²) in [6.07, 6.45) is 19.7. The van der Waals surface area contributed by atoms with E-state index in [4.69, 9.17) is 0 Å². The van der Waals surface area contributed by atoms with E-state index in [1.807, 2.05) is 0 Å². The highest BCUT2D eigenvalue weighted by molar-refractivity contribution is 4.98. The van der Waals surface area contributed by atoms with Crippen molar-refractivity contribution in [1.82, 2.24) is 0 Å². The van der Waals surface area contributed by atoms with Gasteiger partial charge >= 0.3 is 0 Å². The molecule has 0 bridgehead atoms. The van der Waals surface area contributed by atoms with Gasteiger partial charge in [0.2, 0.25) is 0 Å². The third-order valence-electron chi connectivity index (χ3n) is 4.65. The molecule has 1 atom stereocenters. The minimum Gasteiger partial charge on any atom is -0.130 e. The molecule has 0 aromatic rings. The van der Waals surface area contributed by atoms with Crippen LogP contribution in [0.25, 0.3) is 0 Å². The molecule has 0 aliphatic heterocycles. The maximum Gasteiger partial charge on any atom is -0.0244 e. The predicted octanol–water partition coefficient (Wildman–Crippen LogP) is 6.81. The Balaban J connectivity index is 2.33. The third kappa shape index (κ3) is 8.32. The van der Waals surface area contributed by atoms with Gasteiger partial charge in [-0.2, -0.15) is 0 Å². The highest BCUT2D eigenvalue weighted by Gasteiger charge is 2.09.